The molecular weight excluding hydrogens is 460 g/mol. The summed E-state index contributed by atoms with van der Waals surface area (Å²) in [4.78, 5) is 15.5. The number of anilines is 1. The van der Waals surface area contributed by atoms with Crippen molar-refractivity contribution in [1.29, 1.82) is 0 Å². The van der Waals surface area contributed by atoms with E-state index in [1.807, 2.05) is 4.90 Å². The van der Waals surface area contributed by atoms with Crippen molar-refractivity contribution in [2.45, 2.75) is 25.9 Å². The molecule has 1 aliphatic heterocycles. The minimum atomic E-state index is -4.71. The molecule has 1 N–H and O–H groups in total. The van der Waals surface area contributed by atoms with E-state index < -0.39 is 23.1 Å². The molecule has 1 aliphatic rings. The van der Waals surface area contributed by atoms with Crippen molar-refractivity contribution in [3.8, 4) is 5.75 Å². The molecule has 1 fully saturated rings. The Balaban J connectivity index is 1.81. The Hall–Kier alpha value is -2.01. The van der Waals surface area contributed by atoms with Gasteiger partial charge in [-0.25, -0.2) is 4.68 Å². The highest BCUT2D eigenvalue weighted by atomic mass is 35.5. The van der Waals surface area contributed by atoms with E-state index in [1.54, 1.807) is 17.0 Å². The van der Waals surface area contributed by atoms with Crippen molar-refractivity contribution in [1.82, 2.24) is 14.7 Å². The standard InChI is InChI=1S/C19H21Cl2F3N4O3/c1-11-17(21)18(19(22,23)24)25-28(11)16(10-30)27-5-3-26(4-6-27)14-8-15(31-2)13(20)7-12(14)9-29/h7-8,10,16,29H,3-6,9H2,1-2H3. The topological polar surface area (TPSA) is 70.8 Å². The fraction of sp³-hybridized carbons (Fsp3) is 0.474. The number of ether oxygens (including phenoxy) is 1. The average molecular weight is 481 g/mol. The maximum absolute atomic E-state index is 13.1. The molecule has 1 aromatic carbocycles. The summed E-state index contributed by atoms with van der Waals surface area (Å²) in [6.07, 6.45) is -5.18. The zero-order chi connectivity index (χ0) is 22.9. The number of hydrogen-bond acceptors (Lipinski definition) is 6. The molecule has 0 amide bonds. The first kappa shape index (κ1) is 23.6. The smallest absolute Gasteiger partial charge is 0.436 e. The van der Waals surface area contributed by atoms with Crippen molar-refractivity contribution in [3.63, 3.8) is 0 Å². The lowest BCUT2D eigenvalue weighted by Crippen LogP contribution is -2.49. The van der Waals surface area contributed by atoms with E-state index in [2.05, 4.69) is 5.10 Å². The summed E-state index contributed by atoms with van der Waals surface area (Å²) in [6, 6.07) is 3.36. The first-order valence-corrected chi connectivity index (χ1v) is 10.1. The van der Waals surface area contributed by atoms with E-state index >= 15 is 0 Å². The third-order valence-electron chi connectivity index (χ3n) is 5.27. The average Bonchev–Trinajstić information content (AvgIpc) is 3.04. The minimum absolute atomic E-state index is 0.0681. The molecule has 1 saturated heterocycles. The molecule has 0 aliphatic carbocycles. The number of aromatic nitrogens is 2. The molecule has 0 spiro atoms. The van der Waals surface area contributed by atoms with Gasteiger partial charge in [0.25, 0.3) is 0 Å². The number of aliphatic hydroxyl groups is 1. The van der Waals surface area contributed by atoms with Crippen molar-refractivity contribution in [2.75, 3.05) is 38.2 Å². The fourth-order valence-corrected chi connectivity index (χ4v) is 4.12. The Labute approximate surface area is 186 Å². The fourth-order valence-electron chi connectivity index (χ4n) is 3.62. The Bertz CT molecular complexity index is 960. The lowest BCUT2D eigenvalue weighted by molar-refractivity contribution is -0.142. The number of carbonyl (C=O) groups is 1. The second-order valence-corrected chi connectivity index (χ2v) is 7.82. The Morgan fingerprint density at radius 1 is 1.26 bits per heavy atom. The van der Waals surface area contributed by atoms with E-state index in [0.717, 1.165) is 10.4 Å². The first-order chi connectivity index (χ1) is 14.6. The molecule has 2 heterocycles. The molecule has 1 unspecified atom stereocenters. The van der Waals surface area contributed by atoms with Gasteiger partial charge in [-0.2, -0.15) is 18.3 Å². The molecule has 3 rings (SSSR count). The molecule has 1 aromatic heterocycles. The molecule has 0 bridgehead atoms. The summed E-state index contributed by atoms with van der Waals surface area (Å²) in [6.45, 7) is 2.84. The van der Waals surface area contributed by atoms with E-state index in [1.165, 1.54) is 14.0 Å². The lowest BCUT2D eigenvalue weighted by atomic mass is 10.1. The summed E-state index contributed by atoms with van der Waals surface area (Å²) in [5, 5.41) is 13.1. The summed E-state index contributed by atoms with van der Waals surface area (Å²) < 4.78 is 45.7. The molecule has 12 heteroatoms. The summed E-state index contributed by atoms with van der Waals surface area (Å²) in [7, 11) is 1.49. The third-order valence-corrected chi connectivity index (χ3v) is 6.02. The number of halogens is 5. The highest BCUT2D eigenvalue weighted by Gasteiger charge is 2.40. The largest absolute Gasteiger partial charge is 0.495 e. The van der Waals surface area contributed by atoms with Crippen LogP contribution in [0.25, 0.3) is 0 Å². The van der Waals surface area contributed by atoms with Crippen LogP contribution in [0, 0.1) is 6.92 Å². The van der Waals surface area contributed by atoms with Crippen molar-refractivity contribution < 1.29 is 27.8 Å². The second kappa shape index (κ2) is 9.23. The summed E-state index contributed by atoms with van der Waals surface area (Å²) in [5.41, 5.74) is 0.218. The number of aliphatic hydroxyl groups excluding tert-OH is 1. The SMILES string of the molecule is COc1cc(N2CCN(C(C=O)n3nc(C(F)(F)F)c(Cl)c3C)CC2)c(CO)cc1Cl. The number of alkyl halides is 3. The molecule has 7 nitrogen and oxygen atoms in total. The molecule has 0 radical (unpaired) electrons. The van der Waals surface area contributed by atoms with E-state index in [9.17, 15) is 23.1 Å². The van der Waals surface area contributed by atoms with Gasteiger partial charge in [0.05, 0.1) is 29.5 Å². The van der Waals surface area contributed by atoms with Crippen molar-refractivity contribution in [2.24, 2.45) is 0 Å². The number of rotatable bonds is 6. The molecule has 0 saturated carbocycles. The van der Waals surface area contributed by atoms with Crippen molar-refractivity contribution >= 4 is 35.2 Å². The molecule has 2 aromatic rings. The van der Waals surface area contributed by atoms with Gasteiger partial charge < -0.3 is 14.7 Å². The van der Waals surface area contributed by atoms with Crippen LogP contribution in [0.3, 0.4) is 0 Å². The third kappa shape index (κ3) is 4.62. The van der Waals surface area contributed by atoms with E-state index in [-0.39, 0.29) is 12.3 Å². The van der Waals surface area contributed by atoms with E-state index in [4.69, 9.17) is 27.9 Å². The first-order valence-electron chi connectivity index (χ1n) is 9.35. The second-order valence-electron chi connectivity index (χ2n) is 7.04. The number of carbonyl (C=O) groups excluding carboxylic acids is 1. The zero-order valence-electron chi connectivity index (χ0n) is 16.8. The van der Waals surface area contributed by atoms with Crippen LogP contribution >= 0.6 is 23.2 Å². The van der Waals surface area contributed by atoms with Crippen LogP contribution < -0.4 is 9.64 Å². The Morgan fingerprint density at radius 2 is 1.90 bits per heavy atom. The van der Waals surface area contributed by atoms with Crippen LogP contribution in [0.5, 0.6) is 5.75 Å². The van der Waals surface area contributed by atoms with Crippen LogP contribution in [0.2, 0.25) is 10.0 Å². The highest BCUT2D eigenvalue weighted by Crippen LogP contribution is 2.37. The molecular formula is C19H21Cl2F3N4O3. The Kier molecular flexibility index (Phi) is 7.04. The number of methoxy groups -OCH3 is 1. The predicted octanol–water partition coefficient (Wildman–Crippen LogP) is 3.54. The number of benzene rings is 1. The van der Waals surface area contributed by atoms with Gasteiger partial charge in [0.1, 0.15) is 5.75 Å². The van der Waals surface area contributed by atoms with Crippen LogP contribution in [0.1, 0.15) is 23.1 Å². The zero-order valence-corrected chi connectivity index (χ0v) is 18.3. The molecule has 31 heavy (non-hydrogen) atoms. The Morgan fingerprint density at radius 3 is 2.39 bits per heavy atom. The van der Waals surface area contributed by atoms with Crippen LogP contribution in [-0.2, 0) is 17.6 Å². The van der Waals surface area contributed by atoms with Gasteiger partial charge in [0.15, 0.2) is 18.1 Å². The van der Waals surface area contributed by atoms with E-state index in [0.29, 0.717) is 48.8 Å². The maximum Gasteiger partial charge on any atom is 0.436 e. The van der Waals surface area contributed by atoms with Crippen molar-refractivity contribution in [3.05, 3.63) is 39.1 Å². The van der Waals surface area contributed by atoms with Gasteiger partial charge in [-0.15, -0.1) is 0 Å². The van der Waals surface area contributed by atoms with Crippen LogP contribution in [0.4, 0.5) is 18.9 Å². The minimum Gasteiger partial charge on any atom is -0.495 e. The van der Waals surface area contributed by atoms with Gasteiger partial charge in [0, 0.05) is 43.5 Å². The van der Waals surface area contributed by atoms with Crippen LogP contribution in [0.15, 0.2) is 12.1 Å². The van der Waals surface area contributed by atoms with Gasteiger partial charge in [-0.1, -0.05) is 23.2 Å². The molecule has 170 valence electrons. The quantitative estimate of drug-likeness (QED) is 0.637. The van der Waals surface area contributed by atoms with Crippen LogP contribution in [-0.4, -0.2) is 59.4 Å². The molecule has 1 atom stereocenters. The lowest BCUT2D eigenvalue weighted by Gasteiger charge is -2.39. The normalized spacial score (nSPS) is 16.5. The van der Waals surface area contributed by atoms with Gasteiger partial charge in [-0.05, 0) is 13.0 Å². The number of hydrogen-bond donors (Lipinski definition) is 1. The van der Waals surface area contributed by atoms with Gasteiger partial charge in [0.2, 0.25) is 0 Å². The maximum atomic E-state index is 13.1. The number of nitrogens with zero attached hydrogens (tertiary/aromatic N) is 4. The van der Waals surface area contributed by atoms with Gasteiger partial charge >= 0.3 is 6.18 Å². The van der Waals surface area contributed by atoms with Gasteiger partial charge in [-0.3, -0.25) is 9.69 Å². The number of aldehydes is 1. The number of piperazine rings is 1. The monoisotopic (exact) mass is 480 g/mol. The summed E-state index contributed by atoms with van der Waals surface area (Å²) >= 11 is 12.0. The summed E-state index contributed by atoms with van der Waals surface area (Å²) in [5.74, 6) is 0.462. The highest BCUT2D eigenvalue weighted by molar-refractivity contribution is 6.32. The predicted molar refractivity (Wildman–Crippen MR) is 110 cm³/mol.